The lowest BCUT2D eigenvalue weighted by Crippen LogP contribution is -2.46. The number of carbonyl (C=O) groups is 1. The first-order chi connectivity index (χ1) is 14.2. The van der Waals surface area contributed by atoms with E-state index in [4.69, 9.17) is 14.0 Å². The molecular formula is C21H30N4O4. The molecule has 1 heterocycles. The molecule has 1 N–H and O–H groups in total. The molecule has 8 nitrogen and oxygen atoms in total. The van der Waals surface area contributed by atoms with E-state index in [1.807, 2.05) is 17.9 Å². The van der Waals surface area contributed by atoms with Gasteiger partial charge in [0.25, 0.3) is 0 Å². The van der Waals surface area contributed by atoms with Crippen LogP contribution in [0, 0.1) is 0 Å². The minimum Gasteiger partial charge on any atom is -0.493 e. The second kappa shape index (κ2) is 10.1. The Morgan fingerprint density at radius 1 is 1.21 bits per heavy atom. The molecular weight excluding hydrogens is 372 g/mol. The van der Waals surface area contributed by atoms with E-state index in [1.54, 1.807) is 26.4 Å². The molecule has 2 aromatic rings. The van der Waals surface area contributed by atoms with Gasteiger partial charge >= 0.3 is 6.03 Å². The fourth-order valence-corrected chi connectivity index (χ4v) is 3.65. The van der Waals surface area contributed by atoms with Crippen molar-refractivity contribution in [3.63, 3.8) is 0 Å². The van der Waals surface area contributed by atoms with Crippen molar-refractivity contribution in [2.75, 3.05) is 20.8 Å². The zero-order valence-electron chi connectivity index (χ0n) is 17.4. The first-order valence-electron chi connectivity index (χ1n) is 10.3. The maximum Gasteiger partial charge on any atom is 0.318 e. The molecule has 1 aliphatic rings. The fourth-order valence-electron chi connectivity index (χ4n) is 3.65. The predicted molar refractivity (Wildman–Crippen MR) is 109 cm³/mol. The van der Waals surface area contributed by atoms with Crippen LogP contribution in [-0.4, -0.2) is 47.9 Å². The topological polar surface area (TPSA) is 89.7 Å². The monoisotopic (exact) mass is 402 g/mol. The molecule has 29 heavy (non-hydrogen) atoms. The first-order valence-corrected chi connectivity index (χ1v) is 10.3. The maximum absolute atomic E-state index is 12.7. The van der Waals surface area contributed by atoms with E-state index in [0.717, 1.165) is 37.7 Å². The zero-order chi connectivity index (χ0) is 20.6. The van der Waals surface area contributed by atoms with Crippen LogP contribution < -0.4 is 14.8 Å². The molecule has 3 rings (SSSR count). The van der Waals surface area contributed by atoms with Gasteiger partial charge in [-0.05, 0) is 37.5 Å². The predicted octanol–water partition coefficient (Wildman–Crippen LogP) is 4.01. The Balaban J connectivity index is 1.77. The minimum atomic E-state index is -0.0652. The number of hydrogen-bond acceptors (Lipinski definition) is 6. The normalized spacial score (nSPS) is 14.4. The lowest BCUT2D eigenvalue weighted by atomic mass is 9.94. The van der Waals surface area contributed by atoms with Crippen molar-refractivity contribution < 1.29 is 18.8 Å². The average molecular weight is 402 g/mol. The third-order valence-corrected chi connectivity index (χ3v) is 5.22. The molecule has 1 aliphatic carbocycles. The Labute approximate surface area is 171 Å². The van der Waals surface area contributed by atoms with E-state index in [0.29, 0.717) is 36.3 Å². The molecule has 1 saturated carbocycles. The van der Waals surface area contributed by atoms with Gasteiger partial charge in [0.1, 0.15) is 6.54 Å². The van der Waals surface area contributed by atoms with Gasteiger partial charge in [0, 0.05) is 18.2 Å². The van der Waals surface area contributed by atoms with Crippen LogP contribution in [0.4, 0.5) is 4.79 Å². The lowest BCUT2D eigenvalue weighted by Gasteiger charge is -2.33. The van der Waals surface area contributed by atoms with Gasteiger partial charge in [0.05, 0.1) is 14.2 Å². The second-order valence-corrected chi connectivity index (χ2v) is 7.23. The molecule has 0 unspecified atom stereocenters. The number of urea groups is 1. The number of amides is 2. The van der Waals surface area contributed by atoms with Crippen molar-refractivity contribution in [2.45, 2.75) is 58.0 Å². The van der Waals surface area contributed by atoms with E-state index >= 15 is 0 Å². The molecule has 0 radical (unpaired) electrons. The molecule has 0 spiro atoms. The van der Waals surface area contributed by atoms with E-state index in [9.17, 15) is 4.79 Å². The summed E-state index contributed by atoms with van der Waals surface area (Å²) in [6.45, 7) is 3.00. The molecule has 0 saturated heterocycles. The van der Waals surface area contributed by atoms with Crippen LogP contribution >= 0.6 is 0 Å². The summed E-state index contributed by atoms with van der Waals surface area (Å²) in [7, 11) is 3.17. The second-order valence-electron chi connectivity index (χ2n) is 7.23. The number of nitrogens with one attached hydrogen (secondary N) is 1. The number of rotatable bonds is 8. The molecule has 2 amide bonds. The molecule has 0 bridgehead atoms. The third kappa shape index (κ3) is 5.19. The number of benzene rings is 1. The van der Waals surface area contributed by atoms with Gasteiger partial charge in [0.15, 0.2) is 11.5 Å². The molecule has 1 fully saturated rings. The highest BCUT2D eigenvalue weighted by atomic mass is 16.5. The maximum atomic E-state index is 12.7. The largest absolute Gasteiger partial charge is 0.493 e. The number of ether oxygens (including phenoxy) is 2. The summed E-state index contributed by atoms with van der Waals surface area (Å²) in [6, 6.07) is 5.60. The van der Waals surface area contributed by atoms with Gasteiger partial charge in [-0.2, -0.15) is 4.98 Å². The molecule has 8 heteroatoms. The highest BCUT2D eigenvalue weighted by molar-refractivity contribution is 5.74. The SMILES string of the molecule is CCCNC(=O)N(Cc1nc(-c2ccc(OC)c(OC)c2)no1)C1CCCCC1. The zero-order valence-corrected chi connectivity index (χ0v) is 17.4. The summed E-state index contributed by atoms with van der Waals surface area (Å²) in [5.74, 6) is 2.11. The molecule has 1 aromatic carbocycles. The van der Waals surface area contributed by atoms with Crippen LogP contribution in [0.2, 0.25) is 0 Å². The average Bonchev–Trinajstić information content (AvgIpc) is 3.24. The third-order valence-electron chi connectivity index (χ3n) is 5.22. The number of methoxy groups -OCH3 is 2. The van der Waals surface area contributed by atoms with E-state index in [-0.39, 0.29) is 12.1 Å². The van der Waals surface area contributed by atoms with Crippen LogP contribution in [-0.2, 0) is 6.54 Å². The van der Waals surface area contributed by atoms with Gasteiger partial charge in [-0.1, -0.05) is 31.3 Å². The summed E-state index contributed by atoms with van der Waals surface area (Å²) in [5, 5.41) is 7.08. The Bertz CT molecular complexity index is 802. The summed E-state index contributed by atoms with van der Waals surface area (Å²) < 4.78 is 16.1. The van der Waals surface area contributed by atoms with Gasteiger partial charge in [-0.15, -0.1) is 0 Å². The standard InChI is InChI=1S/C21H30N4O4/c1-4-12-22-21(26)25(16-8-6-5-7-9-16)14-19-23-20(24-29-19)15-10-11-17(27-2)18(13-15)28-3/h10-11,13,16H,4-9,12,14H2,1-3H3,(H,22,26). The Hall–Kier alpha value is -2.77. The van der Waals surface area contributed by atoms with E-state index in [2.05, 4.69) is 15.5 Å². The van der Waals surface area contributed by atoms with Crippen molar-refractivity contribution >= 4 is 6.03 Å². The molecule has 0 aliphatic heterocycles. The van der Waals surface area contributed by atoms with Crippen LogP contribution in [0.15, 0.2) is 22.7 Å². The highest BCUT2D eigenvalue weighted by Crippen LogP contribution is 2.31. The minimum absolute atomic E-state index is 0.0652. The van der Waals surface area contributed by atoms with Crippen LogP contribution in [0.1, 0.15) is 51.3 Å². The van der Waals surface area contributed by atoms with Crippen LogP contribution in [0.5, 0.6) is 11.5 Å². The quantitative estimate of drug-likeness (QED) is 0.718. The molecule has 1 aromatic heterocycles. The Kier molecular flexibility index (Phi) is 7.32. The molecule has 0 atom stereocenters. The van der Waals surface area contributed by atoms with Crippen molar-refractivity contribution in [3.05, 3.63) is 24.1 Å². The number of nitrogens with zero attached hydrogens (tertiary/aromatic N) is 3. The number of carbonyl (C=O) groups excluding carboxylic acids is 1. The fraction of sp³-hybridized carbons (Fsp3) is 0.571. The summed E-state index contributed by atoms with van der Waals surface area (Å²) in [6.07, 6.45) is 6.43. The number of aromatic nitrogens is 2. The van der Waals surface area contributed by atoms with Crippen molar-refractivity contribution in [3.8, 4) is 22.9 Å². The van der Waals surface area contributed by atoms with E-state index < -0.39 is 0 Å². The van der Waals surface area contributed by atoms with Gasteiger partial charge in [-0.3, -0.25) is 0 Å². The summed E-state index contributed by atoms with van der Waals surface area (Å²) in [4.78, 5) is 19.1. The number of hydrogen-bond donors (Lipinski definition) is 1. The van der Waals surface area contributed by atoms with Crippen LogP contribution in [0.3, 0.4) is 0 Å². The van der Waals surface area contributed by atoms with E-state index in [1.165, 1.54) is 6.42 Å². The van der Waals surface area contributed by atoms with Crippen molar-refractivity contribution in [1.29, 1.82) is 0 Å². The lowest BCUT2D eigenvalue weighted by molar-refractivity contribution is 0.141. The Morgan fingerprint density at radius 3 is 2.66 bits per heavy atom. The summed E-state index contributed by atoms with van der Waals surface area (Å²) in [5.41, 5.74) is 0.761. The van der Waals surface area contributed by atoms with Crippen molar-refractivity contribution in [2.24, 2.45) is 0 Å². The molecule has 158 valence electrons. The van der Waals surface area contributed by atoms with Gasteiger partial charge in [0.2, 0.25) is 11.7 Å². The Morgan fingerprint density at radius 2 is 1.97 bits per heavy atom. The first kappa shape index (κ1) is 21.0. The van der Waals surface area contributed by atoms with Gasteiger partial charge in [-0.25, -0.2) is 4.79 Å². The summed E-state index contributed by atoms with van der Waals surface area (Å²) >= 11 is 0. The van der Waals surface area contributed by atoms with Gasteiger partial charge < -0.3 is 24.2 Å². The highest BCUT2D eigenvalue weighted by Gasteiger charge is 2.27. The van der Waals surface area contributed by atoms with Crippen molar-refractivity contribution in [1.82, 2.24) is 20.4 Å². The smallest absolute Gasteiger partial charge is 0.318 e. The van der Waals surface area contributed by atoms with Crippen LogP contribution in [0.25, 0.3) is 11.4 Å².